The number of thioether (sulfide) groups is 1. The van der Waals surface area contributed by atoms with Crippen LogP contribution in [0.25, 0.3) is 0 Å². The van der Waals surface area contributed by atoms with Crippen LogP contribution in [-0.4, -0.2) is 28.5 Å². The average molecular weight is 339 g/mol. The third kappa shape index (κ3) is 5.19. The molecule has 2 N–H and O–H groups in total. The SMILES string of the molecule is Cc1cc(NC(=O)CSCC(=O)NCc2sccc2C)no1. The molecule has 0 saturated carbocycles. The fraction of sp³-hybridized carbons (Fsp3) is 0.357. The van der Waals surface area contributed by atoms with Crippen LogP contribution in [0.4, 0.5) is 5.82 Å². The molecular formula is C14H17N3O3S2. The highest BCUT2D eigenvalue weighted by Gasteiger charge is 2.09. The zero-order valence-electron chi connectivity index (χ0n) is 12.3. The molecule has 2 aromatic rings. The minimum Gasteiger partial charge on any atom is -0.360 e. The maximum atomic E-state index is 11.7. The third-order valence-corrected chi connectivity index (χ3v) is 4.73. The molecule has 2 aromatic heterocycles. The molecule has 22 heavy (non-hydrogen) atoms. The number of aryl methyl sites for hydroxylation is 2. The smallest absolute Gasteiger partial charge is 0.235 e. The van der Waals surface area contributed by atoms with Gasteiger partial charge < -0.3 is 15.2 Å². The zero-order valence-corrected chi connectivity index (χ0v) is 14.0. The number of carbonyl (C=O) groups excluding carboxylic acids is 2. The van der Waals surface area contributed by atoms with Gasteiger partial charge in [-0.05, 0) is 30.9 Å². The molecule has 0 bridgehead atoms. The van der Waals surface area contributed by atoms with Gasteiger partial charge in [-0.15, -0.1) is 23.1 Å². The van der Waals surface area contributed by atoms with E-state index in [-0.39, 0.29) is 23.3 Å². The first-order chi connectivity index (χ1) is 10.5. The number of aromatic nitrogens is 1. The van der Waals surface area contributed by atoms with Gasteiger partial charge in [0.2, 0.25) is 11.8 Å². The van der Waals surface area contributed by atoms with E-state index >= 15 is 0 Å². The van der Waals surface area contributed by atoms with E-state index in [2.05, 4.69) is 15.8 Å². The highest BCUT2D eigenvalue weighted by molar-refractivity contribution is 8.00. The lowest BCUT2D eigenvalue weighted by atomic mass is 10.3. The minimum atomic E-state index is -0.208. The normalized spacial score (nSPS) is 10.5. The first-order valence-electron chi connectivity index (χ1n) is 6.65. The van der Waals surface area contributed by atoms with E-state index in [1.54, 1.807) is 24.3 Å². The predicted octanol–water partition coefficient (Wildman–Crippen LogP) is 2.34. The Kier molecular flexibility index (Phi) is 6.02. The lowest BCUT2D eigenvalue weighted by Crippen LogP contribution is -2.25. The van der Waals surface area contributed by atoms with Crippen molar-refractivity contribution in [2.24, 2.45) is 0 Å². The standard InChI is InChI=1S/C14H17N3O3S2/c1-9-3-4-22-11(9)6-15-13(18)7-21-8-14(19)16-12-5-10(2)20-17-12/h3-5H,6-8H2,1-2H3,(H,15,18)(H,16,17,19). The van der Waals surface area contributed by atoms with Crippen LogP contribution in [0, 0.1) is 13.8 Å². The maximum absolute atomic E-state index is 11.7. The van der Waals surface area contributed by atoms with Crippen LogP contribution in [0.15, 0.2) is 22.0 Å². The molecule has 0 unspecified atom stereocenters. The molecule has 0 aliphatic heterocycles. The van der Waals surface area contributed by atoms with Gasteiger partial charge in [-0.25, -0.2) is 0 Å². The summed E-state index contributed by atoms with van der Waals surface area (Å²) in [5, 5.41) is 11.1. The number of amides is 2. The van der Waals surface area contributed by atoms with Crippen molar-refractivity contribution < 1.29 is 14.1 Å². The second kappa shape index (κ2) is 8.00. The molecular weight excluding hydrogens is 322 g/mol. The minimum absolute atomic E-state index is 0.0807. The molecule has 0 aliphatic carbocycles. The van der Waals surface area contributed by atoms with Crippen molar-refractivity contribution >= 4 is 40.7 Å². The summed E-state index contributed by atoms with van der Waals surface area (Å²) >= 11 is 2.88. The van der Waals surface area contributed by atoms with Crippen molar-refractivity contribution in [3.8, 4) is 0 Å². The molecule has 0 spiro atoms. The van der Waals surface area contributed by atoms with Crippen LogP contribution in [0.2, 0.25) is 0 Å². The topological polar surface area (TPSA) is 84.2 Å². The molecule has 0 atom stereocenters. The van der Waals surface area contributed by atoms with Crippen LogP contribution in [0.1, 0.15) is 16.2 Å². The molecule has 0 saturated heterocycles. The van der Waals surface area contributed by atoms with Crippen LogP contribution in [-0.2, 0) is 16.1 Å². The van der Waals surface area contributed by atoms with Gasteiger partial charge in [0.15, 0.2) is 5.82 Å². The van der Waals surface area contributed by atoms with Gasteiger partial charge in [-0.2, -0.15) is 0 Å². The van der Waals surface area contributed by atoms with E-state index in [4.69, 9.17) is 4.52 Å². The summed E-state index contributed by atoms with van der Waals surface area (Å²) in [7, 11) is 0. The quantitative estimate of drug-likeness (QED) is 0.809. The van der Waals surface area contributed by atoms with E-state index in [0.29, 0.717) is 18.1 Å². The van der Waals surface area contributed by atoms with Gasteiger partial charge in [0.25, 0.3) is 0 Å². The van der Waals surface area contributed by atoms with Crippen molar-refractivity contribution in [2.45, 2.75) is 20.4 Å². The second-order valence-corrected chi connectivity index (χ2v) is 6.65. The summed E-state index contributed by atoms with van der Waals surface area (Å²) in [5.41, 5.74) is 1.18. The van der Waals surface area contributed by atoms with Gasteiger partial charge >= 0.3 is 0 Å². The molecule has 118 valence electrons. The monoisotopic (exact) mass is 339 g/mol. The van der Waals surface area contributed by atoms with Crippen molar-refractivity contribution in [3.05, 3.63) is 33.7 Å². The van der Waals surface area contributed by atoms with E-state index in [1.807, 2.05) is 18.4 Å². The lowest BCUT2D eigenvalue weighted by Gasteiger charge is -2.05. The van der Waals surface area contributed by atoms with Gasteiger partial charge in [0, 0.05) is 10.9 Å². The van der Waals surface area contributed by atoms with Gasteiger partial charge in [0.05, 0.1) is 18.1 Å². The Morgan fingerprint density at radius 2 is 2.09 bits per heavy atom. The van der Waals surface area contributed by atoms with Crippen LogP contribution in [0.5, 0.6) is 0 Å². The van der Waals surface area contributed by atoms with E-state index in [1.165, 1.54) is 17.3 Å². The summed E-state index contributed by atoms with van der Waals surface area (Å²) in [4.78, 5) is 24.5. The molecule has 0 fully saturated rings. The maximum Gasteiger partial charge on any atom is 0.235 e. The van der Waals surface area contributed by atoms with Gasteiger partial charge in [0.1, 0.15) is 5.76 Å². The molecule has 0 aromatic carbocycles. The van der Waals surface area contributed by atoms with E-state index in [9.17, 15) is 9.59 Å². The summed E-state index contributed by atoms with van der Waals surface area (Å²) in [6.45, 7) is 4.30. The first kappa shape index (κ1) is 16.6. The zero-order chi connectivity index (χ0) is 15.9. The van der Waals surface area contributed by atoms with E-state index in [0.717, 1.165) is 4.88 Å². The first-order valence-corrected chi connectivity index (χ1v) is 8.68. The van der Waals surface area contributed by atoms with Crippen LogP contribution >= 0.6 is 23.1 Å². The largest absolute Gasteiger partial charge is 0.360 e. The lowest BCUT2D eigenvalue weighted by molar-refractivity contribution is -0.118. The number of thiophene rings is 1. The molecule has 2 heterocycles. The predicted molar refractivity (Wildman–Crippen MR) is 88.1 cm³/mol. The van der Waals surface area contributed by atoms with Crippen molar-refractivity contribution in [1.29, 1.82) is 0 Å². The molecule has 0 aliphatic rings. The van der Waals surface area contributed by atoms with Crippen molar-refractivity contribution in [1.82, 2.24) is 10.5 Å². The van der Waals surface area contributed by atoms with Gasteiger partial charge in [-0.3, -0.25) is 9.59 Å². The summed E-state index contributed by atoms with van der Waals surface area (Å²) in [5.74, 6) is 1.17. The van der Waals surface area contributed by atoms with Crippen molar-refractivity contribution in [3.63, 3.8) is 0 Å². The van der Waals surface area contributed by atoms with Crippen LogP contribution in [0.3, 0.4) is 0 Å². The molecule has 0 radical (unpaired) electrons. The Bertz CT molecular complexity index is 651. The highest BCUT2D eigenvalue weighted by atomic mass is 32.2. The second-order valence-electron chi connectivity index (χ2n) is 4.67. The fourth-order valence-corrected chi connectivity index (χ4v) is 3.15. The number of anilines is 1. The van der Waals surface area contributed by atoms with Crippen molar-refractivity contribution in [2.75, 3.05) is 16.8 Å². The number of carbonyl (C=O) groups is 2. The Morgan fingerprint density at radius 1 is 1.32 bits per heavy atom. The molecule has 2 rings (SSSR count). The summed E-state index contributed by atoms with van der Waals surface area (Å²) < 4.78 is 4.85. The summed E-state index contributed by atoms with van der Waals surface area (Å²) in [6.07, 6.45) is 0. The molecule has 6 nitrogen and oxygen atoms in total. The Balaban J connectivity index is 1.62. The number of nitrogens with one attached hydrogen (secondary N) is 2. The fourth-order valence-electron chi connectivity index (χ4n) is 1.66. The summed E-state index contributed by atoms with van der Waals surface area (Å²) in [6, 6.07) is 3.66. The number of nitrogens with zero attached hydrogens (tertiary/aromatic N) is 1. The van der Waals surface area contributed by atoms with Gasteiger partial charge in [-0.1, -0.05) is 5.16 Å². The molecule has 8 heteroatoms. The average Bonchev–Trinajstić information content (AvgIpc) is 3.05. The third-order valence-electron chi connectivity index (χ3n) is 2.78. The molecule has 2 amide bonds. The Labute approximate surface area is 136 Å². The Morgan fingerprint density at radius 3 is 2.73 bits per heavy atom. The van der Waals surface area contributed by atoms with Crippen LogP contribution < -0.4 is 10.6 Å². The number of hydrogen-bond acceptors (Lipinski definition) is 6. The Hall–Kier alpha value is -1.80. The highest BCUT2D eigenvalue weighted by Crippen LogP contribution is 2.15. The van der Waals surface area contributed by atoms with E-state index < -0.39 is 0 Å². The number of hydrogen-bond donors (Lipinski definition) is 2. The number of rotatable bonds is 7.